The van der Waals surface area contributed by atoms with Crippen LogP contribution in [0, 0.1) is 0 Å². The Hall–Kier alpha value is -4.38. The number of hydrogen-bond donors (Lipinski definition) is 4. The second-order valence-corrected chi connectivity index (χ2v) is 13.7. The first-order valence-corrected chi connectivity index (χ1v) is 16.6. The number of halogens is 1. The fourth-order valence-corrected chi connectivity index (χ4v) is 5.90. The molecule has 0 fully saturated rings. The molecule has 5 amide bonds. The number of aryl methyl sites for hydroxylation is 1. The van der Waals surface area contributed by atoms with Crippen molar-refractivity contribution in [3.05, 3.63) is 87.9 Å². The van der Waals surface area contributed by atoms with Gasteiger partial charge in [-0.2, -0.15) is 0 Å². The molecule has 1 aliphatic heterocycles. The number of fused-ring (bicyclic) bond motifs is 1. The Morgan fingerprint density at radius 3 is 2.36 bits per heavy atom. The van der Waals surface area contributed by atoms with Crippen LogP contribution in [0.25, 0.3) is 11.1 Å². The van der Waals surface area contributed by atoms with E-state index in [1.165, 1.54) is 0 Å². The Bertz CT molecular complexity index is 1640. The fourth-order valence-electron chi connectivity index (χ4n) is 5.40. The summed E-state index contributed by atoms with van der Waals surface area (Å²) in [6.45, 7) is 9.33. The minimum atomic E-state index is -1.28. The molecule has 0 aromatic heterocycles. The molecular formula is C36H44BrN5O5. The van der Waals surface area contributed by atoms with Crippen LogP contribution in [0.4, 0.5) is 15.3 Å². The van der Waals surface area contributed by atoms with Crippen LogP contribution in [-0.4, -0.2) is 48.2 Å². The van der Waals surface area contributed by atoms with Crippen molar-refractivity contribution in [2.45, 2.75) is 84.2 Å². The number of rotatable bonds is 9. The molecule has 0 aliphatic carbocycles. The third-order valence-electron chi connectivity index (χ3n) is 8.22. The number of ether oxygens (including phenoxy) is 1. The zero-order valence-corrected chi connectivity index (χ0v) is 29.4. The maximum absolute atomic E-state index is 14.2. The third kappa shape index (κ3) is 8.91. The highest BCUT2D eigenvalue weighted by molar-refractivity contribution is 9.10. The normalized spacial score (nSPS) is 15.9. The van der Waals surface area contributed by atoms with E-state index in [4.69, 9.17) is 4.74 Å². The molecule has 3 aromatic carbocycles. The van der Waals surface area contributed by atoms with Crippen molar-refractivity contribution in [2.75, 3.05) is 11.9 Å². The molecule has 250 valence electrons. The van der Waals surface area contributed by atoms with Gasteiger partial charge in [0.1, 0.15) is 17.2 Å². The number of nitrogens with one attached hydrogen (secondary N) is 4. The number of benzene rings is 3. The van der Waals surface area contributed by atoms with Gasteiger partial charge in [-0.05, 0) is 86.9 Å². The van der Waals surface area contributed by atoms with Crippen LogP contribution < -0.4 is 26.2 Å². The van der Waals surface area contributed by atoms with Crippen molar-refractivity contribution in [1.29, 1.82) is 0 Å². The van der Waals surface area contributed by atoms with Gasteiger partial charge in [0.05, 0.1) is 6.54 Å². The Morgan fingerprint density at radius 2 is 1.68 bits per heavy atom. The van der Waals surface area contributed by atoms with E-state index in [0.29, 0.717) is 25.8 Å². The van der Waals surface area contributed by atoms with Gasteiger partial charge >= 0.3 is 12.1 Å². The van der Waals surface area contributed by atoms with Crippen molar-refractivity contribution < 1.29 is 23.9 Å². The predicted molar refractivity (Wildman–Crippen MR) is 187 cm³/mol. The summed E-state index contributed by atoms with van der Waals surface area (Å²) in [7, 11) is 1.58. The van der Waals surface area contributed by atoms with Gasteiger partial charge in [0, 0.05) is 23.8 Å². The molecular weight excluding hydrogens is 662 g/mol. The van der Waals surface area contributed by atoms with Crippen LogP contribution in [-0.2, 0) is 33.8 Å². The highest BCUT2D eigenvalue weighted by atomic mass is 79.9. The fraction of sp³-hybridized carbons (Fsp3) is 0.389. The van der Waals surface area contributed by atoms with Gasteiger partial charge in [0.2, 0.25) is 11.8 Å². The molecule has 1 unspecified atom stereocenters. The molecule has 0 bridgehead atoms. The minimum absolute atomic E-state index is 0.236. The van der Waals surface area contributed by atoms with E-state index < -0.39 is 29.2 Å². The first-order chi connectivity index (χ1) is 22.2. The summed E-state index contributed by atoms with van der Waals surface area (Å²) in [6.07, 6.45) is 0.599. The molecule has 0 saturated carbocycles. The van der Waals surface area contributed by atoms with Crippen LogP contribution in [0.1, 0.15) is 64.2 Å². The number of hydrogen-bond acceptors (Lipinski definition) is 5. The molecule has 4 rings (SSSR count). The van der Waals surface area contributed by atoms with Crippen LogP contribution in [0.15, 0.2) is 71.2 Å². The first kappa shape index (κ1) is 35.5. The number of nitrogens with zero attached hydrogens (tertiary/aromatic N) is 1. The molecule has 0 spiro atoms. The van der Waals surface area contributed by atoms with Crippen molar-refractivity contribution >= 4 is 45.6 Å². The predicted octanol–water partition coefficient (Wildman–Crippen LogP) is 6.20. The van der Waals surface area contributed by atoms with E-state index in [1.54, 1.807) is 46.6 Å². The van der Waals surface area contributed by atoms with Gasteiger partial charge in [-0.3, -0.25) is 9.59 Å². The minimum Gasteiger partial charge on any atom is -0.444 e. The number of anilines is 1. The zero-order chi connectivity index (χ0) is 34.4. The van der Waals surface area contributed by atoms with Gasteiger partial charge in [0.25, 0.3) is 0 Å². The average molecular weight is 707 g/mol. The molecule has 11 heteroatoms. The summed E-state index contributed by atoms with van der Waals surface area (Å²) in [5.74, 6) is -0.689. The molecule has 2 atom stereocenters. The topological polar surface area (TPSA) is 129 Å². The lowest BCUT2D eigenvalue weighted by molar-refractivity contribution is -0.131. The van der Waals surface area contributed by atoms with Gasteiger partial charge in [-0.1, -0.05) is 77.5 Å². The highest BCUT2D eigenvalue weighted by Gasteiger charge is 2.39. The monoisotopic (exact) mass is 705 g/mol. The Balaban J connectivity index is 1.58. The van der Waals surface area contributed by atoms with E-state index in [0.717, 1.165) is 38.0 Å². The van der Waals surface area contributed by atoms with E-state index in [9.17, 15) is 19.2 Å². The van der Waals surface area contributed by atoms with Gasteiger partial charge in [-0.15, -0.1) is 0 Å². The molecule has 3 aromatic rings. The number of para-hydroxylation sites is 1. The summed E-state index contributed by atoms with van der Waals surface area (Å²) in [5, 5.41) is 11.1. The number of carbonyl (C=O) groups excluding carboxylic acids is 4. The summed E-state index contributed by atoms with van der Waals surface area (Å²) in [6, 6.07) is 20.6. The zero-order valence-electron chi connectivity index (χ0n) is 27.8. The summed E-state index contributed by atoms with van der Waals surface area (Å²) >= 11 is 3.74. The number of urea groups is 1. The summed E-state index contributed by atoms with van der Waals surface area (Å²) in [4.78, 5) is 53.9. The maximum atomic E-state index is 14.2. The number of alkyl carbamates (subject to hydrolysis) is 1. The SMILES string of the molecule is CCC(C)(NC(=O)OC(C)(C)C)C(=O)N[C@@H]1CCc2ccccc2N(Cc2ccc(-c3ccccc3CNC(=O)NC)cc2Br)C1=O. The van der Waals surface area contributed by atoms with E-state index in [2.05, 4.69) is 37.2 Å². The van der Waals surface area contributed by atoms with Crippen molar-refractivity contribution in [3.8, 4) is 11.1 Å². The third-order valence-corrected chi connectivity index (χ3v) is 8.95. The molecule has 10 nitrogen and oxygen atoms in total. The Labute approximate surface area is 285 Å². The molecule has 0 radical (unpaired) electrons. The summed E-state index contributed by atoms with van der Waals surface area (Å²) < 4.78 is 6.21. The molecule has 1 aliphatic rings. The molecule has 0 saturated heterocycles. The van der Waals surface area contributed by atoms with Crippen molar-refractivity contribution in [3.63, 3.8) is 0 Å². The molecule has 47 heavy (non-hydrogen) atoms. The van der Waals surface area contributed by atoms with Gasteiger partial charge in [0.15, 0.2) is 0 Å². The second kappa shape index (κ2) is 15.0. The lowest BCUT2D eigenvalue weighted by atomic mass is 9.96. The standard InChI is InChI=1S/C36H44BrN5O5/c1-7-36(5,41-34(46)47-35(2,3)4)32(44)40-29-19-18-23-12-9-11-15-30(23)42(31(29)43)22-26-17-16-24(20-28(26)37)27-14-10-8-13-25(27)21-39-33(45)38-6/h8-17,20,29H,7,18-19,21-22H2,1-6H3,(H,40,44)(H,41,46)(H2,38,39,45)/t29-,36?/m1/s1. The second-order valence-electron chi connectivity index (χ2n) is 12.8. The largest absolute Gasteiger partial charge is 0.444 e. The van der Waals surface area contributed by atoms with E-state index >= 15 is 0 Å². The van der Waals surface area contributed by atoms with Gasteiger partial charge < -0.3 is 30.9 Å². The lowest BCUT2D eigenvalue weighted by Crippen LogP contribution is -2.60. The smallest absolute Gasteiger partial charge is 0.408 e. The quantitative estimate of drug-likeness (QED) is 0.211. The van der Waals surface area contributed by atoms with Crippen molar-refractivity contribution in [1.82, 2.24) is 21.3 Å². The van der Waals surface area contributed by atoms with Crippen LogP contribution >= 0.6 is 15.9 Å². The van der Waals surface area contributed by atoms with Crippen molar-refractivity contribution in [2.24, 2.45) is 0 Å². The van der Waals surface area contributed by atoms with E-state index in [-0.39, 0.29) is 18.5 Å². The average Bonchev–Trinajstić information content (AvgIpc) is 3.15. The number of carbonyl (C=O) groups is 4. The maximum Gasteiger partial charge on any atom is 0.408 e. The van der Waals surface area contributed by atoms with Crippen LogP contribution in [0.2, 0.25) is 0 Å². The first-order valence-electron chi connectivity index (χ1n) is 15.8. The Morgan fingerprint density at radius 1 is 0.979 bits per heavy atom. The highest BCUT2D eigenvalue weighted by Crippen LogP contribution is 2.33. The number of amides is 5. The van der Waals surface area contributed by atoms with Crippen LogP contribution in [0.3, 0.4) is 0 Å². The van der Waals surface area contributed by atoms with E-state index in [1.807, 2.05) is 66.7 Å². The Kier molecular flexibility index (Phi) is 11.3. The lowest BCUT2D eigenvalue weighted by Gasteiger charge is -2.32. The molecule has 4 N–H and O–H groups in total. The van der Waals surface area contributed by atoms with Crippen LogP contribution in [0.5, 0.6) is 0 Å². The van der Waals surface area contributed by atoms with Gasteiger partial charge in [-0.25, -0.2) is 9.59 Å². The summed E-state index contributed by atoms with van der Waals surface area (Å²) in [5.41, 5.74) is 3.58. The molecule has 1 heterocycles.